The normalized spacial score (nSPS) is 18.2. The number of ether oxygens (including phenoxy) is 2. The van der Waals surface area contributed by atoms with Crippen molar-refractivity contribution in [3.63, 3.8) is 0 Å². The van der Waals surface area contributed by atoms with Gasteiger partial charge in [0, 0.05) is 24.7 Å². The fraction of sp³-hybridized carbons (Fsp3) is 0.391. The van der Waals surface area contributed by atoms with E-state index in [0.29, 0.717) is 18.7 Å². The van der Waals surface area contributed by atoms with Crippen molar-refractivity contribution in [2.45, 2.75) is 44.2 Å². The van der Waals surface area contributed by atoms with Gasteiger partial charge in [0.25, 0.3) is 0 Å². The van der Waals surface area contributed by atoms with Crippen LogP contribution in [-0.4, -0.2) is 37.9 Å². The largest absolute Gasteiger partial charge is 0.497 e. The molecule has 0 heterocycles. The first-order valence-corrected chi connectivity index (χ1v) is 10.3. The summed E-state index contributed by atoms with van der Waals surface area (Å²) in [5.41, 5.74) is 1.83. The van der Waals surface area contributed by atoms with E-state index in [1.165, 1.54) is 0 Å². The topological polar surface area (TPSA) is 88.7 Å². The van der Waals surface area contributed by atoms with Crippen LogP contribution in [0.15, 0.2) is 54.6 Å². The van der Waals surface area contributed by atoms with Gasteiger partial charge in [0.2, 0.25) is 0 Å². The summed E-state index contributed by atoms with van der Waals surface area (Å²) in [6, 6.07) is 16.8. The third-order valence-corrected chi connectivity index (χ3v) is 5.11. The molecule has 0 spiro atoms. The van der Waals surface area contributed by atoms with Crippen molar-refractivity contribution < 1.29 is 19.1 Å². The number of carbonyl (C=O) groups is 2. The van der Waals surface area contributed by atoms with Crippen LogP contribution in [-0.2, 0) is 11.2 Å². The zero-order valence-electron chi connectivity index (χ0n) is 17.2. The molecule has 3 N–H and O–H groups in total. The standard InChI is InChI=1S/C23H29N3O4/c1-29-20-12-10-17(11-13-20)14-15-24-22(27)25-19-8-5-9-21(16-19)30-23(28)26-18-6-3-2-4-7-18/h2-4,6-7,10-13,19,21H,5,8-9,14-16H2,1H3,(H,26,28)(H2,24,25,27)/t19-,21-/m1/s1. The second-order valence-corrected chi connectivity index (χ2v) is 7.38. The zero-order chi connectivity index (χ0) is 21.2. The smallest absolute Gasteiger partial charge is 0.411 e. The fourth-order valence-corrected chi connectivity index (χ4v) is 3.55. The lowest BCUT2D eigenvalue weighted by Gasteiger charge is -2.29. The summed E-state index contributed by atoms with van der Waals surface area (Å²) in [4.78, 5) is 24.3. The molecule has 7 heteroatoms. The van der Waals surface area contributed by atoms with E-state index in [1.807, 2.05) is 54.6 Å². The molecule has 0 radical (unpaired) electrons. The Morgan fingerprint density at radius 3 is 2.53 bits per heavy atom. The Labute approximate surface area is 177 Å². The van der Waals surface area contributed by atoms with E-state index in [1.54, 1.807) is 7.11 Å². The van der Waals surface area contributed by atoms with Crippen molar-refractivity contribution in [2.24, 2.45) is 0 Å². The third kappa shape index (κ3) is 6.99. The van der Waals surface area contributed by atoms with Crippen molar-refractivity contribution in [1.29, 1.82) is 0 Å². The molecule has 1 aliphatic carbocycles. The van der Waals surface area contributed by atoms with Crippen LogP contribution in [0.3, 0.4) is 0 Å². The monoisotopic (exact) mass is 411 g/mol. The summed E-state index contributed by atoms with van der Waals surface area (Å²) < 4.78 is 10.7. The van der Waals surface area contributed by atoms with Gasteiger partial charge in [-0.15, -0.1) is 0 Å². The molecule has 3 rings (SSSR count). The maximum Gasteiger partial charge on any atom is 0.411 e. The highest BCUT2D eigenvalue weighted by Gasteiger charge is 2.26. The van der Waals surface area contributed by atoms with Gasteiger partial charge >= 0.3 is 12.1 Å². The number of methoxy groups -OCH3 is 1. The predicted molar refractivity (Wildman–Crippen MR) is 116 cm³/mol. The molecule has 7 nitrogen and oxygen atoms in total. The highest BCUT2D eigenvalue weighted by atomic mass is 16.6. The van der Waals surface area contributed by atoms with E-state index in [0.717, 1.165) is 37.0 Å². The maximum absolute atomic E-state index is 12.2. The van der Waals surface area contributed by atoms with Crippen LogP contribution in [0.4, 0.5) is 15.3 Å². The number of anilines is 1. The van der Waals surface area contributed by atoms with Crippen molar-refractivity contribution in [3.8, 4) is 5.75 Å². The van der Waals surface area contributed by atoms with Gasteiger partial charge < -0.3 is 20.1 Å². The van der Waals surface area contributed by atoms with Crippen molar-refractivity contribution in [3.05, 3.63) is 60.2 Å². The molecule has 0 saturated heterocycles. The minimum Gasteiger partial charge on any atom is -0.497 e. The van der Waals surface area contributed by atoms with E-state index in [-0.39, 0.29) is 18.2 Å². The molecule has 0 unspecified atom stereocenters. The van der Waals surface area contributed by atoms with Gasteiger partial charge in [-0.2, -0.15) is 0 Å². The van der Waals surface area contributed by atoms with Gasteiger partial charge in [0.05, 0.1) is 7.11 Å². The van der Waals surface area contributed by atoms with E-state index < -0.39 is 6.09 Å². The van der Waals surface area contributed by atoms with Gasteiger partial charge in [-0.1, -0.05) is 30.3 Å². The SMILES string of the molecule is COc1ccc(CCNC(=O)N[C@@H]2CCC[C@@H](OC(=O)Nc3ccccc3)C2)cc1. The average Bonchev–Trinajstić information content (AvgIpc) is 2.75. The van der Waals surface area contributed by atoms with Crippen LogP contribution in [0.2, 0.25) is 0 Å². The lowest BCUT2D eigenvalue weighted by molar-refractivity contribution is 0.0776. The molecule has 160 valence electrons. The summed E-state index contributed by atoms with van der Waals surface area (Å²) in [7, 11) is 1.64. The number of carbonyl (C=O) groups excluding carboxylic acids is 2. The highest BCUT2D eigenvalue weighted by molar-refractivity contribution is 5.84. The molecule has 3 amide bonds. The number of urea groups is 1. The average molecular weight is 412 g/mol. The molecule has 2 aromatic carbocycles. The van der Waals surface area contributed by atoms with Crippen LogP contribution in [0, 0.1) is 0 Å². The van der Waals surface area contributed by atoms with Gasteiger partial charge in [-0.05, 0) is 55.5 Å². The van der Waals surface area contributed by atoms with Crippen LogP contribution < -0.4 is 20.7 Å². The van der Waals surface area contributed by atoms with Gasteiger partial charge in [-0.3, -0.25) is 5.32 Å². The highest BCUT2D eigenvalue weighted by Crippen LogP contribution is 2.22. The number of hydrogen-bond donors (Lipinski definition) is 3. The molecule has 0 aromatic heterocycles. The van der Waals surface area contributed by atoms with Crippen LogP contribution in [0.25, 0.3) is 0 Å². The lowest BCUT2D eigenvalue weighted by Crippen LogP contribution is -2.46. The molecule has 1 fully saturated rings. The molecule has 2 aromatic rings. The Morgan fingerprint density at radius 2 is 1.80 bits per heavy atom. The molecular weight excluding hydrogens is 382 g/mol. The van der Waals surface area contributed by atoms with Crippen molar-refractivity contribution in [1.82, 2.24) is 10.6 Å². The zero-order valence-corrected chi connectivity index (χ0v) is 17.2. The number of para-hydroxylation sites is 1. The van der Waals surface area contributed by atoms with Gasteiger partial charge in [0.1, 0.15) is 11.9 Å². The molecular formula is C23H29N3O4. The maximum atomic E-state index is 12.2. The number of amides is 3. The first kappa shape index (κ1) is 21.5. The Kier molecular flexibility index (Phi) is 7.94. The van der Waals surface area contributed by atoms with Gasteiger partial charge in [0.15, 0.2) is 0 Å². The van der Waals surface area contributed by atoms with Crippen LogP contribution in [0.1, 0.15) is 31.2 Å². The number of rotatable bonds is 7. The molecule has 0 aliphatic heterocycles. The molecule has 1 aliphatic rings. The molecule has 2 atom stereocenters. The van der Waals surface area contributed by atoms with Crippen molar-refractivity contribution in [2.75, 3.05) is 19.0 Å². The van der Waals surface area contributed by atoms with E-state index >= 15 is 0 Å². The quantitative estimate of drug-likeness (QED) is 0.640. The summed E-state index contributed by atoms with van der Waals surface area (Å²) in [6.45, 7) is 0.546. The third-order valence-electron chi connectivity index (χ3n) is 5.11. The summed E-state index contributed by atoms with van der Waals surface area (Å²) >= 11 is 0. The Hall–Kier alpha value is -3.22. The molecule has 1 saturated carbocycles. The minimum atomic E-state index is -0.462. The first-order valence-electron chi connectivity index (χ1n) is 10.3. The molecule has 0 bridgehead atoms. The van der Waals surface area contributed by atoms with Gasteiger partial charge in [-0.25, -0.2) is 9.59 Å². The second-order valence-electron chi connectivity index (χ2n) is 7.38. The minimum absolute atomic E-state index is 0.00531. The van der Waals surface area contributed by atoms with E-state index in [2.05, 4.69) is 16.0 Å². The van der Waals surface area contributed by atoms with E-state index in [4.69, 9.17) is 9.47 Å². The number of hydrogen-bond acceptors (Lipinski definition) is 4. The Bertz CT molecular complexity index is 811. The van der Waals surface area contributed by atoms with Crippen LogP contribution >= 0.6 is 0 Å². The first-order chi connectivity index (χ1) is 14.6. The number of nitrogens with one attached hydrogen (secondary N) is 3. The summed E-state index contributed by atoms with van der Waals surface area (Å²) in [5, 5.41) is 8.62. The second kappa shape index (κ2) is 11.1. The Morgan fingerprint density at radius 1 is 1.03 bits per heavy atom. The van der Waals surface area contributed by atoms with E-state index in [9.17, 15) is 9.59 Å². The van der Waals surface area contributed by atoms with Crippen molar-refractivity contribution >= 4 is 17.8 Å². The van der Waals surface area contributed by atoms with Crippen LogP contribution in [0.5, 0.6) is 5.75 Å². The summed E-state index contributed by atoms with van der Waals surface area (Å²) in [6.07, 6.45) is 3.29. The molecule has 30 heavy (non-hydrogen) atoms. The fourth-order valence-electron chi connectivity index (χ4n) is 3.55. The predicted octanol–water partition coefficient (Wildman–Crippen LogP) is 4.10. The summed E-state index contributed by atoms with van der Waals surface area (Å²) in [5.74, 6) is 0.816. The number of benzene rings is 2. The lowest BCUT2D eigenvalue weighted by atomic mass is 9.93. The Balaban J connectivity index is 1.36.